The molecule has 0 aliphatic rings. The van der Waals surface area contributed by atoms with E-state index in [2.05, 4.69) is 61.6 Å². The Labute approximate surface area is 125 Å². The number of nitrogens with one attached hydrogen (secondary N) is 1. The molecule has 1 aromatic carbocycles. The number of benzene rings is 1. The quantitative estimate of drug-likeness (QED) is 0.375. The molecule has 1 N–H and O–H groups in total. The second-order valence-corrected chi connectivity index (χ2v) is 5.54. The second kappa shape index (κ2) is 11.6. The van der Waals surface area contributed by atoms with E-state index in [-0.39, 0.29) is 0 Å². The lowest BCUT2D eigenvalue weighted by Gasteiger charge is -2.16. The first-order valence-electron chi connectivity index (χ1n) is 8.35. The van der Waals surface area contributed by atoms with Crippen LogP contribution in [0.5, 0.6) is 0 Å². The fourth-order valence-electron chi connectivity index (χ4n) is 2.35. The van der Waals surface area contributed by atoms with Crippen LogP contribution in [0.4, 0.5) is 5.69 Å². The van der Waals surface area contributed by atoms with Gasteiger partial charge in [-0.3, -0.25) is 0 Å². The third-order valence-electron chi connectivity index (χ3n) is 3.59. The minimum atomic E-state index is 0.477. The van der Waals surface area contributed by atoms with E-state index in [0.29, 0.717) is 6.04 Å². The fraction of sp³-hybridized carbons (Fsp3) is 0.579. The molecule has 0 unspecified atom stereocenters. The largest absolute Gasteiger partial charge is 0.379 e. The van der Waals surface area contributed by atoms with Crippen molar-refractivity contribution >= 4 is 5.69 Å². The number of para-hydroxylation sites is 1. The van der Waals surface area contributed by atoms with Crippen molar-refractivity contribution in [2.24, 2.45) is 0 Å². The molecule has 1 aromatic rings. The van der Waals surface area contributed by atoms with Gasteiger partial charge in [0, 0.05) is 11.7 Å². The number of anilines is 1. The van der Waals surface area contributed by atoms with E-state index in [1.807, 2.05) is 0 Å². The van der Waals surface area contributed by atoms with Crippen LogP contribution in [-0.4, -0.2) is 6.04 Å². The van der Waals surface area contributed by atoms with Crippen molar-refractivity contribution in [2.75, 3.05) is 5.32 Å². The number of unbranched alkanes of at least 4 members (excludes halogenated alkanes) is 5. The summed E-state index contributed by atoms with van der Waals surface area (Å²) in [7, 11) is 0. The third kappa shape index (κ3) is 8.04. The van der Waals surface area contributed by atoms with Gasteiger partial charge < -0.3 is 5.32 Å². The molecule has 0 aliphatic carbocycles. The molecule has 0 saturated carbocycles. The van der Waals surface area contributed by atoms with Gasteiger partial charge >= 0.3 is 0 Å². The monoisotopic (exact) mass is 273 g/mol. The molecular weight excluding hydrogens is 242 g/mol. The van der Waals surface area contributed by atoms with Crippen LogP contribution < -0.4 is 5.32 Å². The Morgan fingerprint density at radius 1 is 0.950 bits per heavy atom. The first kappa shape index (κ1) is 16.8. The Morgan fingerprint density at radius 2 is 1.65 bits per heavy atom. The van der Waals surface area contributed by atoms with Crippen LogP contribution in [0.3, 0.4) is 0 Å². The van der Waals surface area contributed by atoms with E-state index < -0.39 is 0 Å². The zero-order valence-electron chi connectivity index (χ0n) is 13.3. The van der Waals surface area contributed by atoms with E-state index in [4.69, 9.17) is 0 Å². The summed E-state index contributed by atoms with van der Waals surface area (Å²) < 4.78 is 0. The van der Waals surface area contributed by atoms with Gasteiger partial charge in [0.1, 0.15) is 0 Å². The average molecular weight is 273 g/mol. The van der Waals surface area contributed by atoms with Crippen molar-refractivity contribution in [3.8, 4) is 0 Å². The smallest absolute Gasteiger partial charge is 0.0444 e. The van der Waals surface area contributed by atoms with Crippen LogP contribution in [0.1, 0.15) is 65.2 Å². The molecule has 1 heteroatoms. The van der Waals surface area contributed by atoms with Crippen LogP contribution in [0, 0.1) is 0 Å². The van der Waals surface area contributed by atoms with Crippen molar-refractivity contribution in [1.82, 2.24) is 0 Å². The zero-order valence-corrected chi connectivity index (χ0v) is 13.3. The molecule has 0 bridgehead atoms. The minimum absolute atomic E-state index is 0.477. The van der Waals surface area contributed by atoms with Crippen LogP contribution in [0.2, 0.25) is 0 Å². The molecule has 0 amide bonds. The van der Waals surface area contributed by atoms with Gasteiger partial charge in [0.05, 0.1) is 0 Å². The number of allylic oxidation sites excluding steroid dienone is 1. The predicted molar refractivity (Wildman–Crippen MR) is 91.3 cm³/mol. The lowest BCUT2D eigenvalue weighted by molar-refractivity contribution is 0.639. The molecule has 1 atom stereocenters. The highest BCUT2D eigenvalue weighted by molar-refractivity contribution is 5.44. The maximum atomic E-state index is 3.64. The molecule has 0 aliphatic heterocycles. The molecule has 1 nitrogen and oxygen atoms in total. The van der Waals surface area contributed by atoms with E-state index in [1.165, 1.54) is 57.1 Å². The van der Waals surface area contributed by atoms with E-state index in [9.17, 15) is 0 Å². The fourth-order valence-corrected chi connectivity index (χ4v) is 2.35. The first-order valence-corrected chi connectivity index (χ1v) is 8.35. The van der Waals surface area contributed by atoms with Crippen molar-refractivity contribution in [1.29, 1.82) is 0 Å². The van der Waals surface area contributed by atoms with Gasteiger partial charge in [-0.1, -0.05) is 76.3 Å². The topological polar surface area (TPSA) is 12.0 Å². The standard InChI is InChI=1S/C19H31N/c1-3-5-7-8-11-15-18(14-10-6-4-2)20-19-16-12-9-13-17-19/h9,11-13,15-18,20H,3-8,10,14H2,1-2H3/b15-11+/t18-/m0/s1. The summed E-state index contributed by atoms with van der Waals surface area (Å²) in [6, 6.07) is 11.0. The van der Waals surface area contributed by atoms with Crippen molar-refractivity contribution in [3.63, 3.8) is 0 Å². The average Bonchev–Trinajstić information content (AvgIpc) is 2.48. The highest BCUT2D eigenvalue weighted by atomic mass is 14.9. The van der Waals surface area contributed by atoms with Gasteiger partial charge in [-0.05, 0) is 31.4 Å². The maximum absolute atomic E-state index is 3.64. The molecular formula is C19H31N. The number of hydrogen-bond donors (Lipinski definition) is 1. The van der Waals surface area contributed by atoms with Gasteiger partial charge in [-0.15, -0.1) is 0 Å². The van der Waals surface area contributed by atoms with Gasteiger partial charge in [0.2, 0.25) is 0 Å². The van der Waals surface area contributed by atoms with E-state index >= 15 is 0 Å². The first-order chi connectivity index (χ1) is 9.86. The van der Waals surface area contributed by atoms with Crippen molar-refractivity contribution in [3.05, 3.63) is 42.5 Å². The third-order valence-corrected chi connectivity index (χ3v) is 3.59. The molecule has 0 heterocycles. The summed E-state index contributed by atoms with van der Waals surface area (Å²) in [6.45, 7) is 4.52. The minimum Gasteiger partial charge on any atom is -0.379 e. The van der Waals surface area contributed by atoms with Crippen LogP contribution >= 0.6 is 0 Å². The maximum Gasteiger partial charge on any atom is 0.0444 e. The molecule has 0 radical (unpaired) electrons. The van der Waals surface area contributed by atoms with Gasteiger partial charge in [-0.25, -0.2) is 0 Å². The predicted octanol–water partition coefficient (Wildman–Crippen LogP) is 6.18. The second-order valence-electron chi connectivity index (χ2n) is 5.54. The SMILES string of the molecule is CCCCC/C=C/[C@H](CCCCC)Nc1ccccc1. The summed E-state index contributed by atoms with van der Waals surface area (Å²) in [5, 5.41) is 3.64. The molecule has 0 spiro atoms. The van der Waals surface area contributed by atoms with Crippen molar-refractivity contribution in [2.45, 2.75) is 71.3 Å². The van der Waals surface area contributed by atoms with Gasteiger partial charge in [-0.2, -0.15) is 0 Å². The van der Waals surface area contributed by atoms with Crippen LogP contribution in [0.15, 0.2) is 42.5 Å². The Hall–Kier alpha value is -1.24. The summed E-state index contributed by atoms with van der Waals surface area (Å²) in [6.07, 6.45) is 15.1. The van der Waals surface area contributed by atoms with Gasteiger partial charge in [0.15, 0.2) is 0 Å². The zero-order chi connectivity index (χ0) is 14.5. The molecule has 0 saturated heterocycles. The van der Waals surface area contributed by atoms with Crippen LogP contribution in [-0.2, 0) is 0 Å². The molecule has 0 aromatic heterocycles. The highest BCUT2D eigenvalue weighted by Gasteiger charge is 2.03. The lowest BCUT2D eigenvalue weighted by atomic mass is 10.1. The van der Waals surface area contributed by atoms with Gasteiger partial charge in [0.25, 0.3) is 0 Å². The summed E-state index contributed by atoms with van der Waals surface area (Å²) in [5.41, 5.74) is 1.23. The normalized spacial score (nSPS) is 12.7. The molecule has 20 heavy (non-hydrogen) atoms. The Bertz CT molecular complexity index is 342. The summed E-state index contributed by atoms with van der Waals surface area (Å²) in [4.78, 5) is 0. The Balaban J connectivity index is 2.42. The molecule has 0 fully saturated rings. The molecule has 112 valence electrons. The lowest BCUT2D eigenvalue weighted by Crippen LogP contribution is -2.16. The Morgan fingerprint density at radius 3 is 2.35 bits per heavy atom. The highest BCUT2D eigenvalue weighted by Crippen LogP contribution is 2.13. The summed E-state index contributed by atoms with van der Waals surface area (Å²) >= 11 is 0. The number of rotatable bonds is 11. The summed E-state index contributed by atoms with van der Waals surface area (Å²) in [5.74, 6) is 0. The van der Waals surface area contributed by atoms with Crippen LogP contribution in [0.25, 0.3) is 0 Å². The number of hydrogen-bond acceptors (Lipinski definition) is 1. The van der Waals surface area contributed by atoms with E-state index in [1.54, 1.807) is 0 Å². The molecule has 1 rings (SSSR count). The Kier molecular flexibility index (Phi) is 9.73. The van der Waals surface area contributed by atoms with E-state index in [0.717, 1.165) is 0 Å². The van der Waals surface area contributed by atoms with Crippen molar-refractivity contribution < 1.29 is 0 Å².